The van der Waals surface area contributed by atoms with Crippen LogP contribution in [0.4, 0.5) is 0 Å². The fourth-order valence-corrected chi connectivity index (χ4v) is 3.04. The molecule has 1 aromatic carbocycles. The molecule has 0 saturated carbocycles. The molecule has 0 saturated heterocycles. The van der Waals surface area contributed by atoms with E-state index in [1.807, 2.05) is 30.3 Å². The van der Waals surface area contributed by atoms with E-state index in [2.05, 4.69) is 15.5 Å². The molecule has 2 aromatic heterocycles. The van der Waals surface area contributed by atoms with Crippen molar-refractivity contribution in [1.82, 2.24) is 25.1 Å². The van der Waals surface area contributed by atoms with Crippen molar-refractivity contribution in [2.45, 2.75) is 32.9 Å². The normalized spacial score (nSPS) is 12.0. The van der Waals surface area contributed by atoms with Crippen LogP contribution in [0.15, 0.2) is 40.8 Å². The van der Waals surface area contributed by atoms with Gasteiger partial charge in [-0.1, -0.05) is 30.3 Å². The minimum Gasteiger partial charge on any atom is -0.478 e. The highest BCUT2D eigenvalue weighted by Crippen LogP contribution is 2.20. The molecule has 1 atom stereocenters. The van der Waals surface area contributed by atoms with Gasteiger partial charge in [0.25, 0.3) is 0 Å². The second kappa shape index (κ2) is 8.03. The Balaban J connectivity index is 1.83. The van der Waals surface area contributed by atoms with Gasteiger partial charge in [-0.25, -0.2) is 9.48 Å². The number of amides is 1. The van der Waals surface area contributed by atoms with Crippen molar-refractivity contribution in [3.8, 4) is 0 Å². The minimum absolute atomic E-state index is 0.0907. The molecule has 1 amide bonds. The number of tetrazole rings is 1. The topological polar surface area (TPSA) is 114 Å². The van der Waals surface area contributed by atoms with Crippen LogP contribution >= 0.6 is 0 Å². The first kappa shape index (κ1) is 19.3. The zero-order valence-electron chi connectivity index (χ0n) is 15.9. The highest BCUT2D eigenvalue weighted by molar-refractivity contribution is 5.88. The maximum atomic E-state index is 13.2. The van der Waals surface area contributed by atoms with Gasteiger partial charge in [0.2, 0.25) is 5.91 Å². The Morgan fingerprint density at radius 3 is 2.54 bits per heavy atom. The Morgan fingerprint density at radius 2 is 1.96 bits per heavy atom. The number of aryl methyl sites for hydroxylation is 2. The number of nitrogens with zero attached hydrogens (tertiary/aromatic N) is 5. The summed E-state index contributed by atoms with van der Waals surface area (Å²) < 4.78 is 6.99. The quantitative estimate of drug-likeness (QED) is 0.664. The molecular weight excluding hydrogens is 362 g/mol. The summed E-state index contributed by atoms with van der Waals surface area (Å²) in [5.74, 6) is -0.0271. The van der Waals surface area contributed by atoms with Crippen LogP contribution in [0.5, 0.6) is 0 Å². The first-order valence-corrected chi connectivity index (χ1v) is 8.72. The Hall–Kier alpha value is -3.49. The smallest absolute Gasteiger partial charge is 0.339 e. The molecule has 2 heterocycles. The van der Waals surface area contributed by atoms with E-state index in [0.29, 0.717) is 23.8 Å². The number of carboxylic acids is 1. The molecule has 3 aromatic rings. The fraction of sp³-hybridized carbons (Fsp3) is 0.316. The number of aromatic carboxylic acids is 1. The molecule has 0 aliphatic heterocycles. The lowest BCUT2D eigenvalue weighted by Crippen LogP contribution is -2.36. The molecule has 9 nitrogen and oxygen atoms in total. The number of rotatable bonds is 7. The fourth-order valence-electron chi connectivity index (χ4n) is 3.04. The van der Waals surface area contributed by atoms with Crippen LogP contribution in [0.25, 0.3) is 0 Å². The van der Waals surface area contributed by atoms with E-state index in [4.69, 9.17) is 9.52 Å². The monoisotopic (exact) mass is 383 g/mol. The van der Waals surface area contributed by atoms with E-state index in [-0.39, 0.29) is 18.0 Å². The summed E-state index contributed by atoms with van der Waals surface area (Å²) in [7, 11) is 1.64. The van der Waals surface area contributed by atoms with Crippen LogP contribution in [0.3, 0.4) is 0 Å². The van der Waals surface area contributed by atoms with E-state index >= 15 is 0 Å². The lowest BCUT2D eigenvalue weighted by molar-refractivity contribution is -0.134. The average molecular weight is 383 g/mol. The number of aromatic nitrogens is 4. The van der Waals surface area contributed by atoms with E-state index < -0.39 is 12.0 Å². The molecule has 0 aliphatic carbocycles. The maximum absolute atomic E-state index is 13.2. The summed E-state index contributed by atoms with van der Waals surface area (Å²) in [6, 6.07) is 10.4. The molecule has 3 rings (SSSR count). The number of furan rings is 1. The summed E-state index contributed by atoms with van der Waals surface area (Å²) >= 11 is 0. The van der Waals surface area contributed by atoms with Gasteiger partial charge in [0.05, 0.1) is 6.54 Å². The number of carbonyl (C=O) groups excluding carboxylic acids is 1. The molecule has 0 fully saturated rings. The van der Waals surface area contributed by atoms with Crippen molar-refractivity contribution in [3.63, 3.8) is 0 Å². The van der Waals surface area contributed by atoms with E-state index in [1.165, 1.54) is 15.6 Å². The van der Waals surface area contributed by atoms with Gasteiger partial charge in [-0.05, 0) is 35.9 Å². The number of carbonyl (C=O) groups is 2. The lowest BCUT2D eigenvalue weighted by Gasteiger charge is -2.23. The van der Waals surface area contributed by atoms with E-state index in [1.54, 1.807) is 20.9 Å². The third kappa shape index (κ3) is 4.08. The molecule has 9 heteroatoms. The van der Waals surface area contributed by atoms with Crippen molar-refractivity contribution < 1.29 is 19.1 Å². The minimum atomic E-state index is -1.06. The standard InChI is InChI=1S/C19H21N5O4/c1-12-16(19(26)27)10-15(28-12)11-23(3)18(25)17(24-13(2)20-21-22-24)9-14-7-5-4-6-8-14/h4-8,10,17H,9,11H2,1-3H3,(H,26,27). The molecule has 0 spiro atoms. The Kier molecular flexibility index (Phi) is 5.53. The molecule has 1 unspecified atom stereocenters. The molecule has 0 radical (unpaired) electrons. The van der Waals surface area contributed by atoms with Crippen molar-refractivity contribution in [3.05, 3.63) is 64.9 Å². The summed E-state index contributed by atoms with van der Waals surface area (Å²) in [6.07, 6.45) is 0.424. The van der Waals surface area contributed by atoms with Gasteiger partial charge in [-0.2, -0.15) is 0 Å². The Morgan fingerprint density at radius 1 is 1.25 bits per heavy atom. The van der Waals surface area contributed by atoms with Crippen LogP contribution < -0.4 is 0 Å². The summed E-state index contributed by atoms with van der Waals surface area (Å²) in [5, 5.41) is 20.7. The number of carboxylic acid groups (broad SMARTS) is 1. The number of hydrogen-bond acceptors (Lipinski definition) is 6. The number of benzene rings is 1. The predicted molar refractivity (Wildman–Crippen MR) is 98.6 cm³/mol. The van der Waals surface area contributed by atoms with Crippen molar-refractivity contribution in [1.29, 1.82) is 0 Å². The van der Waals surface area contributed by atoms with Crippen molar-refractivity contribution in [2.75, 3.05) is 7.05 Å². The summed E-state index contributed by atoms with van der Waals surface area (Å²) in [5.41, 5.74) is 1.07. The van der Waals surface area contributed by atoms with Crippen molar-refractivity contribution >= 4 is 11.9 Å². The van der Waals surface area contributed by atoms with Gasteiger partial charge in [0, 0.05) is 13.5 Å². The Bertz CT molecular complexity index is 979. The SMILES string of the molecule is Cc1oc(CN(C)C(=O)C(Cc2ccccc2)n2nnnc2C)cc1C(=O)O. The first-order valence-electron chi connectivity index (χ1n) is 8.72. The molecular formula is C19H21N5O4. The summed E-state index contributed by atoms with van der Waals surface area (Å²) in [4.78, 5) is 25.9. The van der Waals surface area contributed by atoms with Gasteiger partial charge in [-0.3, -0.25) is 4.79 Å². The largest absolute Gasteiger partial charge is 0.478 e. The van der Waals surface area contributed by atoms with Crippen molar-refractivity contribution in [2.24, 2.45) is 0 Å². The van der Waals surface area contributed by atoms with Crippen LogP contribution in [0.2, 0.25) is 0 Å². The summed E-state index contributed by atoms with van der Waals surface area (Å²) in [6.45, 7) is 3.46. The molecule has 28 heavy (non-hydrogen) atoms. The average Bonchev–Trinajstić information content (AvgIpc) is 3.25. The van der Waals surface area contributed by atoms with E-state index in [0.717, 1.165) is 5.56 Å². The molecule has 146 valence electrons. The van der Waals surface area contributed by atoms with E-state index in [9.17, 15) is 9.59 Å². The van der Waals surface area contributed by atoms with Gasteiger partial charge >= 0.3 is 5.97 Å². The van der Waals surface area contributed by atoms with Gasteiger partial charge in [-0.15, -0.1) is 5.10 Å². The van der Waals surface area contributed by atoms with Crippen LogP contribution in [-0.4, -0.2) is 49.1 Å². The third-order valence-corrected chi connectivity index (χ3v) is 4.48. The van der Waals surface area contributed by atoms with Crippen LogP contribution in [-0.2, 0) is 17.8 Å². The number of likely N-dealkylation sites (N-methyl/N-ethyl adjacent to an activating group) is 1. The zero-order chi connectivity index (χ0) is 20.3. The first-order chi connectivity index (χ1) is 13.4. The van der Waals surface area contributed by atoms with Crippen LogP contribution in [0, 0.1) is 13.8 Å². The van der Waals surface area contributed by atoms with Gasteiger partial charge in [0.15, 0.2) is 0 Å². The zero-order valence-corrected chi connectivity index (χ0v) is 15.9. The predicted octanol–water partition coefficient (Wildman–Crippen LogP) is 2.02. The number of hydrogen-bond donors (Lipinski definition) is 1. The lowest BCUT2D eigenvalue weighted by atomic mass is 10.0. The highest BCUT2D eigenvalue weighted by atomic mass is 16.4. The highest BCUT2D eigenvalue weighted by Gasteiger charge is 2.28. The molecule has 0 bridgehead atoms. The second-order valence-electron chi connectivity index (χ2n) is 6.56. The van der Waals surface area contributed by atoms with Gasteiger partial charge < -0.3 is 14.4 Å². The second-order valence-corrected chi connectivity index (χ2v) is 6.56. The van der Waals surface area contributed by atoms with Crippen LogP contribution in [0.1, 0.15) is 39.3 Å². The molecule has 1 N–H and O–H groups in total. The third-order valence-electron chi connectivity index (χ3n) is 4.48. The van der Waals surface area contributed by atoms with Gasteiger partial charge in [0.1, 0.15) is 29.0 Å². The maximum Gasteiger partial charge on any atom is 0.339 e. The molecule has 0 aliphatic rings. The Labute approximate surface area is 161 Å².